The van der Waals surface area contributed by atoms with Crippen LogP contribution in [0.4, 0.5) is 0 Å². The molecule has 0 radical (unpaired) electrons. The highest BCUT2D eigenvalue weighted by atomic mass is 16.5. The van der Waals surface area contributed by atoms with Gasteiger partial charge in [0.05, 0.1) is 33.4 Å². The van der Waals surface area contributed by atoms with Gasteiger partial charge in [0.2, 0.25) is 5.75 Å². The molecule has 6 heteroatoms. The molecular weight excluding hydrogens is 276 g/mol. The van der Waals surface area contributed by atoms with Crippen LogP contribution in [0.2, 0.25) is 0 Å². The Hall–Kier alpha value is -1.95. The van der Waals surface area contributed by atoms with Crippen molar-refractivity contribution < 1.29 is 29.2 Å². The van der Waals surface area contributed by atoms with Crippen LogP contribution >= 0.6 is 0 Å². The number of methoxy groups -OCH3 is 3. The van der Waals surface area contributed by atoms with Crippen molar-refractivity contribution in [3.8, 4) is 17.2 Å². The van der Waals surface area contributed by atoms with E-state index >= 15 is 0 Å². The molecule has 0 bridgehead atoms. The van der Waals surface area contributed by atoms with Crippen molar-refractivity contribution in [2.75, 3.05) is 21.3 Å². The second-order valence-electron chi connectivity index (χ2n) is 5.01. The second kappa shape index (κ2) is 7.17. The van der Waals surface area contributed by atoms with Crippen molar-refractivity contribution in [1.29, 1.82) is 0 Å². The van der Waals surface area contributed by atoms with E-state index in [-0.39, 0.29) is 5.92 Å². The van der Waals surface area contributed by atoms with Crippen LogP contribution in [-0.4, -0.2) is 37.5 Å². The number of hydrogen-bond acceptors (Lipinski definition) is 5. The topological polar surface area (TPSA) is 85.2 Å². The SMILES string of the molecule is COc1cc(C(O)C(C(=O)O)C(C)C)cc(OC)c1OC. The lowest BCUT2D eigenvalue weighted by Gasteiger charge is -2.24. The number of aliphatic carboxylic acids is 1. The Bertz CT molecular complexity index is 472. The summed E-state index contributed by atoms with van der Waals surface area (Å²) < 4.78 is 15.6. The third-order valence-corrected chi connectivity index (χ3v) is 3.37. The van der Waals surface area contributed by atoms with Crippen LogP contribution in [0.15, 0.2) is 12.1 Å². The lowest BCUT2D eigenvalue weighted by atomic mass is 9.86. The number of benzene rings is 1. The number of aliphatic hydroxyl groups excluding tert-OH is 1. The van der Waals surface area contributed by atoms with E-state index in [1.54, 1.807) is 26.0 Å². The van der Waals surface area contributed by atoms with Crippen molar-refractivity contribution in [2.24, 2.45) is 11.8 Å². The minimum atomic E-state index is -1.17. The molecule has 0 aliphatic carbocycles. The fourth-order valence-corrected chi connectivity index (χ4v) is 2.26. The van der Waals surface area contributed by atoms with Crippen LogP contribution in [0.1, 0.15) is 25.5 Å². The molecule has 2 unspecified atom stereocenters. The molecule has 118 valence electrons. The minimum Gasteiger partial charge on any atom is -0.493 e. The Balaban J connectivity index is 3.32. The summed E-state index contributed by atoms with van der Waals surface area (Å²) >= 11 is 0. The molecule has 0 aromatic heterocycles. The lowest BCUT2D eigenvalue weighted by molar-refractivity contribution is -0.148. The average molecular weight is 298 g/mol. The normalized spacial score (nSPS) is 13.7. The molecule has 0 spiro atoms. The number of carboxylic acid groups (broad SMARTS) is 1. The van der Waals surface area contributed by atoms with E-state index < -0.39 is 18.0 Å². The third-order valence-electron chi connectivity index (χ3n) is 3.37. The largest absolute Gasteiger partial charge is 0.493 e. The molecule has 6 nitrogen and oxygen atoms in total. The molecule has 2 atom stereocenters. The van der Waals surface area contributed by atoms with Crippen LogP contribution in [0.5, 0.6) is 17.2 Å². The van der Waals surface area contributed by atoms with Gasteiger partial charge in [0, 0.05) is 0 Å². The maximum Gasteiger partial charge on any atom is 0.309 e. The number of carbonyl (C=O) groups is 1. The van der Waals surface area contributed by atoms with Gasteiger partial charge in [0.25, 0.3) is 0 Å². The average Bonchev–Trinajstić information content (AvgIpc) is 2.44. The first kappa shape index (κ1) is 17.1. The van der Waals surface area contributed by atoms with Crippen molar-refractivity contribution in [2.45, 2.75) is 20.0 Å². The fourth-order valence-electron chi connectivity index (χ4n) is 2.26. The van der Waals surface area contributed by atoms with Crippen LogP contribution < -0.4 is 14.2 Å². The monoisotopic (exact) mass is 298 g/mol. The Morgan fingerprint density at radius 2 is 1.52 bits per heavy atom. The van der Waals surface area contributed by atoms with E-state index in [9.17, 15) is 15.0 Å². The predicted octanol–water partition coefficient (Wildman–Crippen LogP) is 2.10. The summed E-state index contributed by atoms with van der Waals surface area (Å²) in [4.78, 5) is 11.3. The maximum absolute atomic E-state index is 11.3. The molecule has 1 aromatic rings. The van der Waals surface area contributed by atoms with Crippen LogP contribution in [0.3, 0.4) is 0 Å². The van der Waals surface area contributed by atoms with Crippen molar-refractivity contribution in [3.05, 3.63) is 17.7 Å². The van der Waals surface area contributed by atoms with Gasteiger partial charge >= 0.3 is 5.97 Å². The summed E-state index contributed by atoms with van der Waals surface area (Å²) in [6, 6.07) is 3.12. The van der Waals surface area contributed by atoms with E-state index in [4.69, 9.17) is 14.2 Å². The summed E-state index contributed by atoms with van der Waals surface area (Å²) in [7, 11) is 4.40. The first-order chi connectivity index (χ1) is 9.87. The Morgan fingerprint density at radius 1 is 1.05 bits per heavy atom. The molecule has 21 heavy (non-hydrogen) atoms. The van der Waals surface area contributed by atoms with Crippen LogP contribution in [-0.2, 0) is 4.79 Å². The van der Waals surface area contributed by atoms with Gasteiger partial charge in [-0.25, -0.2) is 0 Å². The third kappa shape index (κ3) is 3.58. The maximum atomic E-state index is 11.3. The number of hydrogen-bond donors (Lipinski definition) is 2. The molecule has 0 saturated heterocycles. The van der Waals surface area contributed by atoms with Gasteiger partial charge in [0.1, 0.15) is 0 Å². The quantitative estimate of drug-likeness (QED) is 0.802. The van der Waals surface area contributed by atoms with E-state index in [1.807, 2.05) is 0 Å². The van der Waals surface area contributed by atoms with Gasteiger partial charge in [-0.15, -0.1) is 0 Å². The minimum absolute atomic E-state index is 0.225. The van der Waals surface area contributed by atoms with Gasteiger partial charge in [-0.2, -0.15) is 0 Å². The first-order valence-corrected chi connectivity index (χ1v) is 6.58. The highest BCUT2D eigenvalue weighted by molar-refractivity contribution is 5.71. The summed E-state index contributed by atoms with van der Waals surface area (Å²) in [6.07, 6.45) is -1.17. The first-order valence-electron chi connectivity index (χ1n) is 6.58. The van der Waals surface area contributed by atoms with Gasteiger partial charge in [-0.3, -0.25) is 4.79 Å². The van der Waals surface area contributed by atoms with Crippen molar-refractivity contribution >= 4 is 5.97 Å². The smallest absolute Gasteiger partial charge is 0.309 e. The Morgan fingerprint density at radius 3 is 1.81 bits per heavy atom. The number of aliphatic hydroxyl groups is 1. The number of ether oxygens (including phenoxy) is 3. The summed E-state index contributed by atoms with van der Waals surface area (Å²) in [6.45, 7) is 3.50. The molecule has 1 aromatic carbocycles. The molecule has 2 N–H and O–H groups in total. The van der Waals surface area contributed by atoms with Crippen molar-refractivity contribution in [3.63, 3.8) is 0 Å². The summed E-state index contributed by atoms with van der Waals surface area (Å²) in [5.41, 5.74) is 0.408. The van der Waals surface area contributed by atoms with Crippen molar-refractivity contribution in [1.82, 2.24) is 0 Å². The number of rotatable bonds is 7. The van der Waals surface area contributed by atoms with Gasteiger partial charge in [-0.05, 0) is 23.6 Å². The zero-order chi connectivity index (χ0) is 16.2. The zero-order valence-electron chi connectivity index (χ0n) is 12.9. The van der Waals surface area contributed by atoms with E-state index in [0.29, 0.717) is 22.8 Å². The van der Waals surface area contributed by atoms with E-state index in [1.165, 1.54) is 21.3 Å². The lowest BCUT2D eigenvalue weighted by Crippen LogP contribution is -2.27. The van der Waals surface area contributed by atoms with Gasteiger partial charge in [-0.1, -0.05) is 13.8 Å². The van der Waals surface area contributed by atoms with Crippen LogP contribution in [0.25, 0.3) is 0 Å². The molecule has 0 heterocycles. The van der Waals surface area contributed by atoms with E-state index in [0.717, 1.165) is 0 Å². The highest BCUT2D eigenvalue weighted by Crippen LogP contribution is 2.41. The standard InChI is InChI=1S/C15H22O6/c1-8(2)12(15(17)18)13(16)9-6-10(19-3)14(21-5)11(7-9)20-4/h6-8,12-13,16H,1-5H3,(H,17,18). The second-order valence-corrected chi connectivity index (χ2v) is 5.01. The highest BCUT2D eigenvalue weighted by Gasteiger charge is 2.32. The molecule has 0 saturated carbocycles. The Labute approximate surface area is 124 Å². The predicted molar refractivity (Wildman–Crippen MR) is 77.0 cm³/mol. The molecular formula is C15H22O6. The molecule has 1 rings (SSSR count). The van der Waals surface area contributed by atoms with Crippen LogP contribution in [0, 0.1) is 11.8 Å². The fraction of sp³-hybridized carbons (Fsp3) is 0.533. The molecule has 0 aliphatic heterocycles. The summed E-state index contributed by atoms with van der Waals surface area (Å²) in [5.74, 6) is -1.05. The number of carboxylic acids is 1. The molecule has 0 fully saturated rings. The van der Waals surface area contributed by atoms with Gasteiger partial charge in [0.15, 0.2) is 11.5 Å². The van der Waals surface area contributed by atoms with E-state index in [2.05, 4.69) is 0 Å². The summed E-state index contributed by atoms with van der Waals surface area (Å²) in [5, 5.41) is 19.7. The molecule has 0 aliphatic rings. The Kier molecular flexibility index (Phi) is 5.84. The molecule has 0 amide bonds. The zero-order valence-corrected chi connectivity index (χ0v) is 12.9. The van der Waals surface area contributed by atoms with Gasteiger partial charge < -0.3 is 24.4 Å².